The predicted molar refractivity (Wildman–Crippen MR) is 65.1 cm³/mol. The van der Waals surface area contributed by atoms with Gasteiger partial charge in [0.05, 0.1) is 12.6 Å². The monoisotopic (exact) mass is 217 g/mol. The lowest BCUT2D eigenvalue weighted by Crippen LogP contribution is -2.20. The SMILES string of the molecule is CCc1cc2ccc(OC)cc2n(C)c1=O. The molecule has 0 fully saturated rings. The maximum atomic E-state index is 11.9. The van der Waals surface area contributed by atoms with Gasteiger partial charge in [-0.2, -0.15) is 0 Å². The smallest absolute Gasteiger partial charge is 0.253 e. The Morgan fingerprint density at radius 1 is 1.31 bits per heavy atom. The Bertz CT molecular complexity index is 584. The van der Waals surface area contributed by atoms with Gasteiger partial charge in [-0.05, 0) is 30.0 Å². The Kier molecular flexibility index (Phi) is 2.69. The number of benzene rings is 1. The highest BCUT2D eigenvalue weighted by Gasteiger charge is 2.05. The van der Waals surface area contributed by atoms with E-state index in [1.165, 1.54) is 0 Å². The van der Waals surface area contributed by atoms with Gasteiger partial charge < -0.3 is 9.30 Å². The minimum Gasteiger partial charge on any atom is -0.497 e. The molecule has 0 amide bonds. The molecule has 0 N–H and O–H groups in total. The first-order valence-corrected chi connectivity index (χ1v) is 5.34. The quantitative estimate of drug-likeness (QED) is 0.771. The van der Waals surface area contributed by atoms with Crippen molar-refractivity contribution in [1.29, 1.82) is 0 Å². The van der Waals surface area contributed by atoms with Crippen molar-refractivity contribution in [2.45, 2.75) is 13.3 Å². The molecule has 1 aromatic heterocycles. The summed E-state index contributed by atoms with van der Waals surface area (Å²) in [7, 11) is 3.42. The summed E-state index contributed by atoms with van der Waals surface area (Å²) in [6.07, 6.45) is 0.759. The van der Waals surface area contributed by atoms with Crippen LogP contribution in [-0.2, 0) is 13.5 Å². The van der Waals surface area contributed by atoms with Crippen LogP contribution in [0.15, 0.2) is 29.1 Å². The number of methoxy groups -OCH3 is 1. The van der Waals surface area contributed by atoms with E-state index in [2.05, 4.69) is 0 Å². The van der Waals surface area contributed by atoms with E-state index in [-0.39, 0.29) is 5.56 Å². The summed E-state index contributed by atoms with van der Waals surface area (Å²) in [6.45, 7) is 1.99. The topological polar surface area (TPSA) is 31.2 Å². The number of fused-ring (bicyclic) bond motifs is 1. The highest BCUT2D eigenvalue weighted by molar-refractivity contribution is 5.81. The van der Waals surface area contributed by atoms with Gasteiger partial charge in [-0.25, -0.2) is 0 Å². The standard InChI is InChI=1S/C13H15NO2/c1-4-9-7-10-5-6-11(16-3)8-12(10)14(2)13(9)15/h5-8H,4H2,1-3H3. The highest BCUT2D eigenvalue weighted by Crippen LogP contribution is 2.19. The predicted octanol–water partition coefficient (Wildman–Crippen LogP) is 2.11. The maximum absolute atomic E-state index is 11.9. The number of nitrogens with zero attached hydrogens (tertiary/aromatic N) is 1. The molecule has 1 aromatic carbocycles. The van der Waals surface area contributed by atoms with Crippen LogP contribution < -0.4 is 10.3 Å². The third kappa shape index (κ3) is 1.58. The first-order chi connectivity index (χ1) is 7.67. The number of aryl methyl sites for hydroxylation is 2. The largest absolute Gasteiger partial charge is 0.497 e. The molecule has 0 unspecified atom stereocenters. The van der Waals surface area contributed by atoms with Gasteiger partial charge in [0, 0.05) is 18.7 Å². The van der Waals surface area contributed by atoms with E-state index >= 15 is 0 Å². The van der Waals surface area contributed by atoms with Crippen LogP contribution >= 0.6 is 0 Å². The van der Waals surface area contributed by atoms with Crippen molar-refractivity contribution >= 4 is 10.9 Å². The second-order valence-corrected chi connectivity index (χ2v) is 3.81. The fraction of sp³-hybridized carbons (Fsp3) is 0.308. The van der Waals surface area contributed by atoms with Gasteiger partial charge in [-0.15, -0.1) is 0 Å². The minimum atomic E-state index is 0.0725. The Morgan fingerprint density at radius 3 is 2.69 bits per heavy atom. The molecule has 0 saturated carbocycles. The van der Waals surface area contributed by atoms with Crippen LogP contribution in [0.25, 0.3) is 10.9 Å². The lowest BCUT2D eigenvalue weighted by Gasteiger charge is -2.09. The Labute approximate surface area is 94.3 Å². The molecule has 0 aliphatic carbocycles. The summed E-state index contributed by atoms with van der Waals surface area (Å²) in [6, 6.07) is 7.73. The number of pyridine rings is 1. The summed E-state index contributed by atoms with van der Waals surface area (Å²) in [5.41, 5.74) is 1.82. The summed E-state index contributed by atoms with van der Waals surface area (Å²) in [5, 5.41) is 1.07. The Balaban J connectivity index is 2.82. The van der Waals surface area contributed by atoms with E-state index in [1.807, 2.05) is 31.2 Å². The van der Waals surface area contributed by atoms with Crippen molar-refractivity contribution in [2.24, 2.45) is 7.05 Å². The summed E-state index contributed by atoms with van der Waals surface area (Å²) in [5.74, 6) is 0.770. The molecule has 0 radical (unpaired) electrons. The second-order valence-electron chi connectivity index (χ2n) is 3.81. The van der Waals surface area contributed by atoms with Crippen LogP contribution in [0, 0.1) is 0 Å². The van der Waals surface area contributed by atoms with E-state index in [4.69, 9.17) is 4.74 Å². The van der Waals surface area contributed by atoms with Crippen molar-refractivity contribution in [1.82, 2.24) is 4.57 Å². The van der Waals surface area contributed by atoms with E-state index in [1.54, 1.807) is 18.7 Å². The maximum Gasteiger partial charge on any atom is 0.253 e. The molecule has 3 heteroatoms. The van der Waals surface area contributed by atoms with Crippen LogP contribution in [0.4, 0.5) is 0 Å². The summed E-state index contributed by atoms with van der Waals surface area (Å²) >= 11 is 0. The van der Waals surface area contributed by atoms with Gasteiger partial charge in [0.25, 0.3) is 5.56 Å². The third-order valence-electron chi connectivity index (χ3n) is 2.89. The zero-order valence-corrected chi connectivity index (χ0v) is 9.78. The normalized spacial score (nSPS) is 10.7. The minimum absolute atomic E-state index is 0.0725. The van der Waals surface area contributed by atoms with E-state index in [9.17, 15) is 4.79 Å². The molecular weight excluding hydrogens is 202 g/mol. The summed E-state index contributed by atoms with van der Waals surface area (Å²) < 4.78 is 6.84. The molecule has 0 aliphatic heterocycles. The third-order valence-corrected chi connectivity index (χ3v) is 2.89. The van der Waals surface area contributed by atoms with Gasteiger partial charge in [-0.3, -0.25) is 4.79 Å². The molecule has 0 spiro atoms. The molecule has 84 valence electrons. The number of hydrogen-bond acceptors (Lipinski definition) is 2. The Morgan fingerprint density at radius 2 is 2.06 bits per heavy atom. The second kappa shape index (κ2) is 4.00. The van der Waals surface area contributed by atoms with Crippen molar-refractivity contribution in [2.75, 3.05) is 7.11 Å². The van der Waals surface area contributed by atoms with E-state index < -0.39 is 0 Å². The van der Waals surface area contributed by atoms with Gasteiger partial charge in [0.1, 0.15) is 5.75 Å². The van der Waals surface area contributed by atoms with Crippen LogP contribution in [0.2, 0.25) is 0 Å². The first-order valence-electron chi connectivity index (χ1n) is 5.34. The van der Waals surface area contributed by atoms with Crippen LogP contribution in [0.3, 0.4) is 0 Å². The lowest BCUT2D eigenvalue weighted by atomic mass is 10.1. The number of hydrogen-bond donors (Lipinski definition) is 0. The highest BCUT2D eigenvalue weighted by atomic mass is 16.5. The molecule has 16 heavy (non-hydrogen) atoms. The molecule has 1 heterocycles. The number of ether oxygens (including phenoxy) is 1. The zero-order valence-electron chi connectivity index (χ0n) is 9.78. The van der Waals surface area contributed by atoms with Crippen molar-refractivity contribution in [3.63, 3.8) is 0 Å². The molecular formula is C13H15NO2. The van der Waals surface area contributed by atoms with Gasteiger partial charge in [0.2, 0.25) is 0 Å². The number of rotatable bonds is 2. The van der Waals surface area contributed by atoms with Gasteiger partial charge in [-0.1, -0.05) is 6.92 Å². The molecule has 2 rings (SSSR count). The van der Waals surface area contributed by atoms with Gasteiger partial charge >= 0.3 is 0 Å². The van der Waals surface area contributed by atoms with E-state index in [0.29, 0.717) is 0 Å². The fourth-order valence-corrected chi connectivity index (χ4v) is 1.89. The fourth-order valence-electron chi connectivity index (χ4n) is 1.89. The van der Waals surface area contributed by atoms with Crippen LogP contribution in [0.1, 0.15) is 12.5 Å². The average Bonchev–Trinajstić information content (AvgIpc) is 2.33. The molecule has 0 atom stereocenters. The average molecular weight is 217 g/mol. The number of aromatic nitrogens is 1. The van der Waals surface area contributed by atoms with Gasteiger partial charge in [0.15, 0.2) is 0 Å². The lowest BCUT2D eigenvalue weighted by molar-refractivity contribution is 0.415. The first kappa shape index (κ1) is 10.7. The van der Waals surface area contributed by atoms with Crippen LogP contribution in [0.5, 0.6) is 5.75 Å². The molecule has 0 bridgehead atoms. The van der Waals surface area contributed by atoms with E-state index in [0.717, 1.165) is 28.6 Å². The Hall–Kier alpha value is -1.77. The molecule has 0 saturated heterocycles. The molecule has 2 aromatic rings. The van der Waals surface area contributed by atoms with Crippen molar-refractivity contribution < 1.29 is 4.74 Å². The summed E-state index contributed by atoms with van der Waals surface area (Å²) in [4.78, 5) is 11.9. The van der Waals surface area contributed by atoms with Crippen molar-refractivity contribution in [3.05, 3.63) is 40.2 Å². The molecule has 0 aliphatic rings. The van der Waals surface area contributed by atoms with Crippen molar-refractivity contribution in [3.8, 4) is 5.75 Å². The molecule has 3 nitrogen and oxygen atoms in total. The van der Waals surface area contributed by atoms with Crippen LogP contribution in [-0.4, -0.2) is 11.7 Å². The zero-order chi connectivity index (χ0) is 11.7.